The molecule has 29 heavy (non-hydrogen) atoms. The molecule has 0 radical (unpaired) electrons. The third-order valence-electron chi connectivity index (χ3n) is 5.83. The molecule has 1 aliphatic heterocycles. The van der Waals surface area contributed by atoms with Gasteiger partial charge in [-0.2, -0.15) is 0 Å². The number of rotatable bonds is 8. The number of hydrogen-bond donors (Lipinski definition) is 0. The molecule has 1 aromatic carbocycles. The van der Waals surface area contributed by atoms with Gasteiger partial charge in [0.15, 0.2) is 5.58 Å². The summed E-state index contributed by atoms with van der Waals surface area (Å²) in [6, 6.07) is 2.06. The lowest BCUT2D eigenvalue weighted by Crippen LogP contribution is -2.35. The Hall–Kier alpha value is -1.60. The van der Waals surface area contributed by atoms with Crippen LogP contribution in [0.3, 0.4) is 0 Å². The maximum atomic E-state index is 12.7. The first-order valence-corrected chi connectivity index (χ1v) is 10.7. The van der Waals surface area contributed by atoms with Gasteiger partial charge < -0.3 is 18.8 Å². The van der Waals surface area contributed by atoms with Crippen molar-refractivity contribution in [1.29, 1.82) is 0 Å². The maximum Gasteiger partial charge on any atom is 0.339 e. The predicted molar refractivity (Wildman–Crippen MR) is 116 cm³/mol. The molecule has 0 aliphatic carbocycles. The van der Waals surface area contributed by atoms with E-state index in [1.54, 1.807) is 7.11 Å². The third kappa shape index (κ3) is 4.77. The van der Waals surface area contributed by atoms with E-state index in [-0.39, 0.29) is 5.63 Å². The van der Waals surface area contributed by atoms with Gasteiger partial charge in [-0.25, -0.2) is 4.79 Å². The zero-order valence-electron chi connectivity index (χ0n) is 17.8. The van der Waals surface area contributed by atoms with Crippen molar-refractivity contribution in [2.24, 2.45) is 0 Å². The molecule has 0 N–H and O–H groups in total. The molecule has 1 aromatic heterocycles. The van der Waals surface area contributed by atoms with Crippen molar-refractivity contribution in [1.82, 2.24) is 9.80 Å². The number of methoxy groups -OCH3 is 1. The lowest BCUT2D eigenvalue weighted by atomic mass is 10.0. The fraction of sp³-hybridized carbons (Fsp3) is 0.591. The Bertz CT molecular complexity index is 902. The van der Waals surface area contributed by atoms with E-state index < -0.39 is 0 Å². The fourth-order valence-corrected chi connectivity index (χ4v) is 4.29. The number of benzene rings is 1. The number of ether oxygens (including phenoxy) is 2. The van der Waals surface area contributed by atoms with Crippen LogP contribution in [-0.4, -0.2) is 62.8 Å². The van der Waals surface area contributed by atoms with Gasteiger partial charge in [0.2, 0.25) is 0 Å². The van der Waals surface area contributed by atoms with Gasteiger partial charge in [0.1, 0.15) is 10.8 Å². The summed E-state index contributed by atoms with van der Waals surface area (Å²) >= 11 is 6.62. The smallest absolute Gasteiger partial charge is 0.339 e. The van der Waals surface area contributed by atoms with Crippen molar-refractivity contribution in [2.45, 2.75) is 33.7 Å². The second-order valence-electron chi connectivity index (χ2n) is 7.42. The number of halogens is 1. The van der Waals surface area contributed by atoms with E-state index in [1.807, 2.05) is 6.92 Å². The van der Waals surface area contributed by atoms with Gasteiger partial charge >= 0.3 is 5.63 Å². The number of aryl methyl sites for hydroxylation is 1. The van der Waals surface area contributed by atoms with Gasteiger partial charge in [0.05, 0.1) is 20.3 Å². The summed E-state index contributed by atoms with van der Waals surface area (Å²) in [4.78, 5) is 17.3. The molecule has 1 aliphatic rings. The van der Waals surface area contributed by atoms with Crippen LogP contribution in [0.25, 0.3) is 11.0 Å². The van der Waals surface area contributed by atoms with Crippen molar-refractivity contribution in [3.63, 3.8) is 0 Å². The Labute approximate surface area is 177 Å². The van der Waals surface area contributed by atoms with Gasteiger partial charge in [0, 0.05) is 42.7 Å². The quantitative estimate of drug-likeness (QED) is 0.607. The van der Waals surface area contributed by atoms with Gasteiger partial charge in [-0.3, -0.25) is 4.90 Å². The minimum Gasteiger partial charge on any atom is -0.495 e. The summed E-state index contributed by atoms with van der Waals surface area (Å²) in [5, 5.41) is 1.25. The molecule has 1 fully saturated rings. The first kappa shape index (κ1) is 22.1. The van der Waals surface area contributed by atoms with E-state index >= 15 is 0 Å². The molecule has 0 spiro atoms. The molecule has 0 saturated carbocycles. The SMILES string of the molecule is CCN(CC)CCc1c(C)c2cc(CN3CCOCC3)c(OC)c(Cl)c2oc1=O. The lowest BCUT2D eigenvalue weighted by Gasteiger charge is -2.27. The van der Waals surface area contributed by atoms with E-state index in [9.17, 15) is 4.79 Å². The highest BCUT2D eigenvalue weighted by Gasteiger charge is 2.22. The average molecular weight is 423 g/mol. The first-order valence-electron chi connectivity index (χ1n) is 10.3. The van der Waals surface area contributed by atoms with Crippen LogP contribution in [0.1, 0.15) is 30.5 Å². The molecule has 7 heteroatoms. The zero-order chi connectivity index (χ0) is 21.0. The van der Waals surface area contributed by atoms with Crippen molar-refractivity contribution in [3.05, 3.63) is 38.2 Å². The standard InChI is InChI=1S/C22H31ClN2O4/c1-5-24(6-2)8-7-17-15(3)18-13-16(14-25-9-11-28-12-10-25)20(27-4)19(23)21(18)29-22(17)26/h13H,5-12,14H2,1-4H3. The van der Waals surface area contributed by atoms with Gasteiger partial charge in [0.25, 0.3) is 0 Å². The van der Waals surface area contributed by atoms with Crippen molar-refractivity contribution < 1.29 is 13.9 Å². The topological polar surface area (TPSA) is 55.1 Å². The van der Waals surface area contributed by atoms with E-state index in [1.165, 1.54) is 0 Å². The molecule has 1 saturated heterocycles. The van der Waals surface area contributed by atoms with Crippen LogP contribution in [0, 0.1) is 6.92 Å². The molecule has 0 unspecified atom stereocenters. The summed E-state index contributed by atoms with van der Waals surface area (Å²) < 4.78 is 16.7. The Morgan fingerprint density at radius 3 is 2.55 bits per heavy atom. The van der Waals surface area contributed by atoms with E-state index in [0.717, 1.165) is 74.6 Å². The maximum absolute atomic E-state index is 12.7. The van der Waals surface area contributed by atoms with Crippen LogP contribution in [0.4, 0.5) is 0 Å². The number of morpholine rings is 1. The largest absolute Gasteiger partial charge is 0.495 e. The van der Waals surface area contributed by atoms with Gasteiger partial charge in [-0.1, -0.05) is 25.4 Å². The van der Waals surface area contributed by atoms with Crippen LogP contribution in [-0.2, 0) is 17.7 Å². The summed E-state index contributed by atoms with van der Waals surface area (Å²) in [5.41, 5.74) is 2.76. The molecule has 2 heterocycles. The zero-order valence-corrected chi connectivity index (χ0v) is 18.6. The Kier molecular flexibility index (Phi) is 7.57. The number of fused-ring (bicyclic) bond motifs is 1. The Morgan fingerprint density at radius 1 is 1.24 bits per heavy atom. The van der Waals surface area contributed by atoms with E-state index in [2.05, 4.69) is 29.7 Å². The molecule has 6 nitrogen and oxygen atoms in total. The van der Waals surface area contributed by atoms with E-state index in [0.29, 0.717) is 22.8 Å². The summed E-state index contributed by atoms with van der Waals surface area (Å²) in [6.45, 7) is 12.9. The van der Waals surface area contributed by atoms with Gasteiger partial charge in [-0.15, -0.1) is 0 Å². The van der Waals surface area contributed by atoms with Crippen LogP contribution in [0.5, 0.6) is 5.75 Å². The fourth-order valence-electron chi connectivity index (χ4n) is 3.95. The first-order chi connectivity index (χ1) is 14.0. The summed E-state index contributed by atoms with van der Waals surface area (Å²) in [7, 11) is 1.60. The molecule has 0 amide bonds. The highest BCUT2D eigenvalue weighted by atomic mass is 35.5. The molecular weight excluding hydrogens is 392 g/mol. The van der Waals surface area contributed by atoms with E-state index in [4.69, 9.17) is 25.5 Å². The van der Waals surface area contributed by atoms with Crippen LogP contribution >= 0.6 is 11.6 Å². The van der Waals surface area contributed by atoms with Crippen LogP contribution < -0.4 is 10.4 Å². The molecule has 2 aromatic rings. The molecule has 0 atom stereocenters. The van der Waals surface area contributed by atoms with Crippen molar-refractivity contribution in [3.8, 4) is 5.75 Å². The monoisotopic (exact) mass is 422 g/mol. The molecular formula is C22H31ClN2O4. The molecule has 3 rings (SSSR count). The number of hydrogen-bond acceptors (Lipinski definition) is 6. The lowest BCUT2D eigenvalue weighted by molar-refractivity contribution is 0.0339. The van der Waals surface area contributed by atoms with Crippen LogP contribution in [0.15, 0.2) is 15.3 Å². The second kappa shape index (κ2) is 9.94. The molecule has 0 bridgehead atoms. The number of nitrogens with zero attached hydrogens (tertiary/aromatic N) is 2. The highest BCUT2D eigenvalue weighted by molar-refractivity contribution is 6.36. The number of likely N-dealkylation sites (N-methyl/N-ethyl adjacent to an activating group) is 1. The Balaban J connectivity index is 2.03. The average Bonchev–Trinajstić information content (AvgIpc) is 2.73. The Morgan fingerprint density at radius 2 is 1.93 bits per heavy atom. The van der Waals surface area contributed by atoms with Crippen molar-refractivity contribution >= 4 is 22.6 Å². The third-order valence-corrected chi connectivity index (χ3v) is 6.17. The minimum atomic E-state index is -0.313. The predicted octanol–water partition coefficient (Wildman–Crippen LogP) is 3.48. The highest BCUT2D eigenvalue weighted by Crippen LogP contribution is 2.38. The molecule has 160 valence electrons. The normalized spacial score (nSPS) is 15.4. The second-order valence-corrected chi connectivity index (χ2v) is 7.80. The van der Waals surface area contributed by atoms with Crippen LogP contribution in [0.2, 0.25) is 5.02 Å². The summed E-state index contributed by atoms with van der Waals surface area (Å²) in [5.74, 6) is 0.573. The summed E-state index contributed by atoms with van der Waals surface area (Å²) in [6.07, 6.45) is 0.661. The van der Waals surface area contributed by atoms with Crippen molar-refractivity contribution in [2.75, 3.05) is 53.0 Å². The van der Waals surface area contributed by atoms with Gasteiger partial charge in [-0.05, 0) is 38.1 Å². The minimum absolute atomic E-state index is 0.313.